The van der Waals surface area contributed by atoms with E-state index in [1.54, 1.807) is 0 Å². The Hall–Kier alpha value is -1.75. The number of hydrogen-bond donors (Lipinski definition) is 0. The molecule has 1 atom stereocenters. The van der Waals surface area contributed by atoms with Crippen molar-refractivity contribution >= 4 is 0 Å². The van der Waals surface area contributed by atoms with Gasteiger partial charge >= 0.3 is 0 Å². The number of pyridine rings is 1. The Morgan fingerprint density at radius 2 is 1.76 bits per heavy atom. The average Bonchev–Trinajstić information content (AvgIpc) is 2.65. The van der Waals surface area contributed by atoms with Crippen LogP contribution in [0, 0.1) is 0 Å². The number of nitrogens with zero attached hydrogens (tertiary/aromatic N) is 3. The van der Waals surface area contributed by atoms with Crippen molar-refractivity contribution in [1.82, 2.24) is 14.8 Å². The lowest BCUT2D eigenvalue weighted by atomic mass is 10.1. The van der Waals surface area contributed by atoms with E-state index in [1.165, 1.54) is 11.1 Å². The third-order valence-corrected chi connectivity index (χ3v) is 4.92. The molecule has 134 valence electrons. The maximum atomic E-state index is 5.64. The average molecular weight is 339 g/mol. The second-order valence-corrected chi connectivity index (χ2v) is 6.85. The van der Waals surface area contributed by atoms with Gasteiger partial charge in [-0.2, -0.15) is 0 Å². The van der Waals surface area contributed by atoms with Crippen LogP contribution in [0.5, 0.6) is 0 Å². The number of rotatable bonds is 6. The SMILES string of the molecule is CCO[C@@H](C)c1ccc(-c2ccc(CN3CCN(C)CC3)cn2)cc1. The first-order chi connectivity index (χ1) is 12.2. The highest BCUT2D eigenvalue weighted by Crippen LogP contribution is 2.22. The molecule has 0 aliphatic carbocycles. The van der Waals surface area contributed by atoms with E-state index in [1.807, 2.05) is 13.1 Å². The molecule has 0 unspecified atom stereocenters. The summed E-state index contributed by atoms with van der Waals surface area (Å²) < 4.78 is 5.64. The minimum atomic E-state index is 0.137. The highest BCUT2D eigenvalue weighted by atomic mass is 16.5. The molecule has 0 N–H and O–H groups in total. The number of likely N-dealkylation sites (N-methyl/N-ethyl adjacent to an activating group) is 1. The fourth-order valence-electron chi connectivity index (χ4n) is 3.22. The van der Waals surface area contributed by atoms with Crippen LogP contribution in [-0.2, 0) is 11.3 Å². The fraction of sp³-hybridized carbons (Fsp3) is 0.476. The topological polar surface area (TPSA) is 28.6 Å². The molecule has 1 aliphatic rings. The molecule has 4 heteroatoms. The van der Waals surface area contributed by atoms with Crippen LogP contribution in [0.25, 0.3) is 11.3 Å². The quantitative estimate of drug-likeness (QED) is 0.804. The number of ether oxygens (including phenoxy) is 1. The maximum absolute atomic E-state index is 5.64. The zero-order valence-electron chi connectivity index (χ0n) is 15.6. The second kappa shape index (κ2) is 8.56. The van der Waals surface area contributed by atoms with Crippen LogP contribution in [0.15, 0.2) is 42.6 Å². The molecule has 2 heterocycles. The van der Waals surface area contributed by atoms with E-state index >= 15 is 0 Å². The summed E-state index contributed by atoms with van der Waals surface area (Å²) in [4.78, 5) is 9.56. The van der Waals surface area contributed by atoms with Crippen LogP contribution in [0.4, 0.5) is 0 Å². The van der Waals surface area contributed by atoms with Crippen molar-refractivity contribution in [2.75, 3.05) is 39.8 Å². The molecular formula is C21H29N3O. The van der Waals surface area contributed by atoms with E-state index in [9.17, 15) is 0 Å². The highest BCUT2D eigenvalue weighted by Gasteiger charge is 2.14. The first-order valence-corrected chi connectivity index (χ1v) is 9.23. The van der Waals surface area contributed by atoms with Crippen molar-refractivity contribution < 1.29 is 4.74 Å². The van der Waals surface area contributed by atoms with E-state index in [-0.39, 0.29) is 6.10 Å². The van der Waals surface area contributed by atoms with E-state index in [2.05, 4.69) is 65.2 Å². The van der Waals surface area contributed by atoms with Crippen LogP contribution in [0.1, 0.15) is 31.1 Å². The summed E-state index contributed by atoms with van der Waals surface area (Å²) in [5.74, 6) is 0. The largest absolute Gasteiger partial charge is 0.374 e. The molecule has 0 spiro atoms. The third kappa shape index (κ3) is 4.88. The summed E-state index contributed by atoms with van der Waals surface area (Å²) in [6, 6.07) is 12.9. The molecule has 4 nitrogen and oxygen atoms in total. The number of hydrogen-bond acceptors (Lipinski definition) is 4. The standard InChI is InChI=1S/C21H29N3O/c1-4-25-17(2)19-6-8-20(9-7-19)21-10-5-18(15-22-21)16-24-13-11-23(3)12-14-24/h5-10,15,17H,4,11-14,16H2,1-3H3/t17-/m0/s1. The molecule has 0 bridgehead atoms. The summed E-state index contributed by atoms with van der Waals surface area (Å²) in [6.07, 6.45) is 2.16. The molecule has 1 aromatic heterocycles. The zero-order chi connectivity index (χ0) is 17.6. The minimum absolute atomic E-state index is 0.137. The van der Waals surface area contributed by atoms with Gasteiger partial charge in [0.25, 0.3) is 0 Å². The van der Waals surface area contributed by atoms with Gasteiger partial charge in [-0.15, -0.1) is 0 Å². The number of piperazine rings is 1. The van der Waals surface area contributed by atoms with Gasteiger partial charge in [-0.3, -0.25) is 9.88 Å². The lowest BCUT2D eigenvalue weighted by Gasteiger charge is -2.32. The molecule has 3 rings (SSSR count). The van der Waals surface area contributed by atoms with Crippen molar-refractivity contribution in [1.29, 1.82) is 0 Å². The first kappa shape index (κ1) is 18.1. The summed E-state index contributed by atoms with van der Waals surface area (Å²) in [5.41, 5.74) is 4.67. The van der Waals surface area contributed by atoms with Crippen LogP contribution < -0.4 is 0 Å². The van der Waals surface area contributed by atoms with Gasteiger partial charge in [0.1, 0.15) is 0 Å². The van der Waals surface area contributed by atoms with Gasteiger partial charge in [0, 0.05) is 51.1 Å². The molecular weight excluding hydrogens is 310 g/mol. The number of benzene rings is 1. The van der Waals surface area contributed by atoms with Crippen molar-refractivity contribution in [3.05, 3.63) is 53.7 Å². The van der Waals surface area contributed by atoms with Crippen LogP contribution in [-0.4, -0.2) is 54.6 Å². The predicted molar refractivity (Wildman–Crippen MR) is 102 cm³/mol. The van der Waals surface area contributed by atoms with Crippen molar-refractivity contribution in [2.45, 2.75) is 26.5 Å². The lowest BCUT2D eigenvalue weighted by molar-refractivity contribution is 0.0764. The monoisotopic (exact) mass is 339 g/mol. The Morgan fingerprint density at radius 3 is 2.36 bits per heavy atom. The van der Waals surface area contributed by atoms with Gasteiger partial charge in [0.05, 0.1) is 11.8 Å². The fourth-order valence-corrected chi connectivity index (χ4v) is 3.22. The van der Waals surface area contributed by atoms with Gasteiger partial charge in [-0.1, -0.05) is 30.3 Å². The summed E-state index contributed by atoms with van der Waals surface area (Å²) in [6.45, 7) is 10.4. The minimum Gasteiger partial charge on any atom is -0.374 e. The highest BCUT2D eigenvalue weighted by molar-refractivity contribution is 5.59. The molecule has 0 radical (unpaired) electrons. The van der Waals surface area contributed by atoms with Gasteiger partial charge < -0.3 is 9.64 Å². The van der Waals surface area contributed by atoms with Crippen LogP contribution in [0.3, 0.4) is 0 Å². The van der Waals surface area contributed by atoms with Crippen LogP contribution in [0.2, 0.25) is 0 Å². The Kier molecular flexibility index (Phi) is 6.19. The first-order valence-electron chi connectivity index (χ1n) is 9.23. The molecule has 1 fully saturated rings. The van der Waals surface area contributed by atoms with E-state index in [0.29, 0.717) is 0 Å². The zero-order valence-corrected chi connectivity index (χ0v) is 15.6. The summed E-state index contributed by atoms with van der Waals surface area (Å²) >= 11 is 0. The Morgan fingerprint density at radius 1 is 1.04 bits per heavy atom. The Bertz CT molecular complexity index is 646. The maximum Gasteiger partial charge on any atom is 0.0796 e. The molecule has 1 aliphatic heterocycles. The predicted octanol–water partition coefficient (Wildman–Crippen LogP) is 3.59. The number of aromatic nitrogens is 1. The smallest absolute Gasteiger partial charge is 0.0796 e. The lowest BCUT2D eigenvalue weighted by Crippen LogP contribution is -2.43. The summed E-state index contributed by atoms with van der Waals surface area (Å²) in [7, 11) is 2.19. The van der Waals surface area contributed by atoms with E-state index in [4.69, 9.17) is 4.74 Å². The van der Waals surface area contributed by atoms with Crippen molar-refractivity contribution in [2.24, 2.45) is 0 Å². The Balaban J connectivity index is 1.62. The second-order valence-electron chi connectivity index (χ2n) is 6.85. The van der Waals surface area contributed by atoms with Gasteiger partial charge in [0.2, 0.25) is 0 Å². The van der Waals surface area contributed by atoms with E-state index < -0.39 is 0 Å². The molecule has 1 aromatic carbocycles. The Labute approximate surface area is 151 Å². The third-order valence-electron chi connectivity index (χ3n) is 4.92. The van der Waals surface area contributed by atoms with E-state index in [0.717, 1.165) is 50.6 Å². The normalized spacial score (nSPS) is 17.6. The van der Waals surface area contributed by atoms with Crippen LogP contribution >= 0.6 is 0 Å². The molecule has 25 heavy (non-hydrogen) atoms. The van der Waals surface area contributed by atoms with Gasteiger partial charge in [-0.25, -0.2) is 0 Å². The molecule has 1 saturated heterocycles. The van der Waals surface area contributed by atoms with Gasteiger partial charge in [0.15, 0.2) is 0 Å². The van der Waals surface area contributed by atoms with Crippen molar-refractivity contribution in [3.8, 4) is 11.3 Å². The molecule has 0 amide bonds. The van der Waals surface area contributed by atoms with Crippen molar-refractivity contribution in [3.63, 3.8) is 0 Å². The summed E-state index contributed by atoms with van der Waals surface area (Å²) in [5, 5.41) is 0. The molecule has 0 saturated carbocycles. The van der Waals surface area contributed by atoms with Gasteiger partial charge in [-0.05, 0) is 38.1 Å². The molecule has 2 aromatic rings.